The Morgan fingerprint density at radius 2 is 2.35 bits per heavy atom. The van der Waals surface area contributed by atoms with Crippen molar-refractivity contribution < 1.29 is 9.84 Å². The van der Waals surface area contributed by atoms with Crippen molar-refractivity contribution in [2.75, 3.05) is 32.9 Å². The Morgan fingerprint density at radius 1 is 1.55 bits per heavy atom. The standard InChI is InChI=1S/C14H20BrClN2O2/c15-10-1-2-12(13(16)7-10)14(17)3-4-18-5-6-20-9-11(18)8-19/h1-2,7,11,14,19H,3-6,8-9,17H2. The number of hydrogen-bond donors (Lipinski definition) is 2. The molecular formula is C14H20BrClN2O2. The van der Waals surface area contributed by atoms with E-state index in [0.717, 1.165) is 29.5 Å². The van der Waals surface area contributed by atoms with E-state index in [2.05, 4.69) is 20.8 Å². The molecule has 20 heavy (non-hydrogen) atoms. The summed E-state index contributed by atoms with van der Waals surface area (Å²) >= 11 is 9.61. The van der Waals surface area contributed by atoms with Crippen LogP contribution in [0, 0.1) is 0 Å². The third-order valence-electron chi connectivity index (χ3n) is 3.65. The van der Waals surface area contributed by atoms with Crippen molar-refractivity contribution in [3.8, 4) is 0 Å². The molecule has 1 fully saturated rings. The average Bonchev–Trinajstić information content (AvgIpc) is 2.45. The molecule has 0 saturated carbocycles. The first-order valence-electron chi connectivity index (χ1n) is 6.75. The van der Waals surface area contributed by atoms with Gasteiger partial charge in [0.15, 0.2) is 0 Å². The van der Waals surface area contributed by atoms with Gasteiger partial charge in [0.2, 0.25) is 0 Å². The maximum Gasteiger partial charge on any atom is 0.0644 e. The average molecular weight is 364 g/mol. The van der Waals surface area contributed by atoms with E-state index in [1.165, 1.54) is 0 Å². The van der Waals surface area contributed by atoms with Gasteiger partial charge >= 0.3 is 0 Å². The number of rotatable bonds is 5. The fraction of sp³-hybridized carbons (Fsp3) is 0.571. The van der Waals surface area contributed by atoms with E-state index < -0.39 is 0 Å². The highest BCUT2D eigenvalue weighted by atomic mass is 79.9. The molecule has 1 aliphatic heterocycles. The summed E-state index contributed by atoms with van der Waals surface area (Å²) in [7, 11) is 0. The van der Waals surface area contributed by atoms with Gasteiger partial charge in [0.25, 0.3) is 0 Å². The van der Waals surface area contributed by atoms with Gasteiger partial charge in [-0.2, -0.15) is 0 Å². The number of ether oxygens (including phenoxy) is 1. The fourth-order valence-electron chi connectivity index (χ4n) is 2.41. The molecule has 3 N–H and O–H groups in total. The van der Waals surface area contributed by atoms with Crippen LogP contribution < -0.4 is 5.73 Å². The van der Waals surface area contributed by atoms with Crippen molar-refractivity contribution in [1.29, 1.82) is 0 Å². The third kappa shape index (κ3) is 4.16. The number of nitrogens with zero attached hydrogens (tertiary/aromatic N) is 1. The molecule has 112 valence electrons. The highest BCUT2D eigenvalue weighted by Gasteiger charge is 2.22. The molecule has 4 nitrogen and oxygen atoms in total. The number of aliphatic hydroxyl groups is 1. The van der Waals surface area contributed by atoms with Crippen LogP contribution in [0.15, 0.2) is 22.7 Å². The molecule has 0 aromatic heterocycles. The Morgan fingerprint density at radius 3 is 3.05 bits per heavy atom. The minimum atomic E-state index is -0.0993. The zero-order chi connectivity index (χ0) is 14.5. The molecule has 1 saturated heterocycles. The van der Waals surface area contributed by atoms with Crippen LogP contribution in [0.3, 0.4) is 0 Å². The second-order valence-electron chi connectivity index (χ2n) is 5.01. The maximum atomic E-state index is 9.34. The van der Waals surface area contributed by atoms with Gasteiger partial charge in [-0.1, -0.05) is 33.6 Å². The van der Waals surface area contributed by atoms with Crippen molar-refractivity contribution in [2.24, 2.45) is 5.73 Å². The smallest absolute Gasteiger partial charge is 0.0644 e. The molecule has 2 atom stereocenters. The van der Waals surface area contributed by atoms with Crippen molar-refractivity contribution in [2.45, 2.75) is 18.5 Å². The Hall–Kier alpha value is -0.170. The summed E-state index contributed by atoms with van der Waals surface area (Å²) in [4.78, 5) is 2.23. The molecular weight excluding hydrogens is 344 g/mol. The van der Waals surface area contributed by atoms with Crippen LogP contribution in [0.5, 0.6) is 0 Å². The van der Waals surface area contributed by atoms with E-state index in [9.17, 15) is 5.11 Å². The SMILES string of the molecule is NC(CCN1CCOCC1CO)c1ccc(Br)cc1Cl. The van der Waals surface area contributed by atoms with E-state index >= 15 is 0 Å². The van der Waals surface area contributed by atoms with Crippen LogP contribution in [0.2, 0.25) is 5.02 Å². The van der Waals surface area contributed by atoms with Gasteiger partial charge in [0, 0.05) is 28.6 Å². The zero-order valence-corrected chi connectivity index (χ0v) is 13.6. The summed E-state index contributed by atoms with van der Waals surface area (Å²) in [5.74, 6) is 0. The van der Waals surface area contributed by atoms with Crippen molar-refractivity contribution in [3.05, 3.63) is 33.3 Å². The number of halogens is 2. The predicted octanol–water partition coefficient (Wildman–Crippen LogP) is 2.19. The lowest BCUT2D eigenvalue weighted by Gasteiger charge is -2.35. The zero-order valence-electron chi connectivity index (χ0n) is 11.3. The lowest BCUT2D eigenvalue weighted by atomic mass is 10.0. The minimum Gasteiger partial charge on any atom is -0.395 e. The van der Waals surface area contributed by atoms with Crippen LogP contribution in [-0.2, 0) is 4.74 Å². The minimum absolute atomic E-state index is 0.0799. The third-order valence-corrected chi connectivity index (χ3v) is 4.47. The number of nitrogens with two attached hydrogens (primary N) is 1. The van der Waals surface area contributed by atoms with Gasteiger partial charge in [-0.15, -0.1) is 0 Å². The van der Waals surface area contributed by atoms with Crippen LogP contribution in [0.25, 0.3) is 0 Å². The van der Waals surface area contributed by atoms with Gasteiger partial charge in [-0.05, 0) is 24.1 Å². The molecule has 0 amide bonds. The second-order valence-corrected chi connectivity index (χ2v) is 6.33. The molecule has 0 radical (unpaired) electrons. The van der Waals surface area contributed by atoms with Crippen LogP contribution in [0.1, 0.15) is 18.0 Å². The van der Waals surface area contributed by atoms with Gasteiger partial charge < -0.3 is 15.6 Å². The number of morpholine rings is 1. The van der Waals surface area contributed by atoms with Crippen molar-refractivity contribution in [3.63, 3.8) is 0 Å². The molecule has 0 spiro atoms. The summed E-state index contributed by atoms with van der Waals surface area (Å²) in [5.41, 5.74) is 7.19. The van der Waals surface area contributed by atoms with Gasteiger partial charge in [0.1, 0.15) is 0 Å². The molecule has 1 aromatic rings. The fourth-order valence-corrected chi connectivity index (χ4v) is 3.23. The molecule has 1 aliphatic rings. The Balaban J connectivity index is 1.92. The highest BCUT2D eigenvalue weighted by molar-refractivity contribution is 9.10. The first-order chi connectivity index (χ1) is 9.61. The lowest BCUT2D eigenvalue weighted by Crippen LogP contribution is -2.48. The summed E-state index contributed by atoms with van der Waals surface area (Å²) < 4.78 is 6.32. The molecule has 1 aromatic carbocycles. The second kappa shape index (κ2) is 7.73. The predicted molar refractivity (Wildman–Crippen MR) is 84.0 cm³/mol. The van der Waals surface area contributed by atoms with E-state index in [0.29, 0.717) is 18.2 Å². The lowest BCUT2D eigenvalue weighted by molar-refractivity contribution is -0.0282. The summed E-state index contributed by atoms with van der Waals surface area (Å²) in [6.07, 6.45) is 0.803. The van der Waals surface area contributed by atoms with Crippen molar-refractivity contribution in [1.82, 2.24) is 4.90 Å². The largest absolute Gasteiger partial charge is 0.395 e. The van der Waals surface area contributed by atoms with Gasteiger partial charge in [0.05, 0.1) is 25.9 Å². The first-order valence-corrected chi connectivity index (χ1v) is 7.92. The topological polar surface area (TPSA) is 58.7 Å². The van der Waals surface area contributed by atoms with Crippen LogP contribution in [-0.4, -0.2) is 49.0 Å². The molecule has 6 heteroatoms. The Labute approximate surface area is 133 Å². The van der Waals surface area contributed by atoms with E-state index in [1.54, 1.807) is 0 Å². The number of aliphatic hydroxyl groups excluding tert-OH is 1. The summed E-state index contributed by atoms with van der Waals surface area (Å²) in [6, 6.07) is 5.75. The molecule has 0 aliphatic carbocycles. The molecule has 0 bridgehead atoms. The first kappa shape index (κ1) is 16.2. The molecule has 2 unspecified atom stereocenters. The molecule has 2 rings (SSSR count). The quantitative estimate of drug-likeness (QED) is 0.842. The van der Waals surface area contributed by atoms with Gasteiger partial charge in [-0.25, -0.2) is 0 Å². The monoisotopic (exact) mass is 362 g/mol. The highest BCUT2D eigenvalue weighted by Crippen LogP contribution is 2.27. The summed E-state index contributed by atoms with van der Waals surface area (Å²) in [5, 5.41) is 10.0. The normalized spacial score (nSPS) is 21.9. The Kier molecular flexibility index (Phi) is 6.26. The van der Waals surface area contributed by atoms with E-state index in [4.69, 9.17) is 22.1 Å². The summed E-state index contributed by atoms with van der Waals surface area (Å²) in [6.45, 7) is 3.10. The Bertz CT molecular complexity index is 447. The van der Waals surface area contributed by atoms with Crippen LogP contribution >= 0.6 is 27.5 Å². The molecule has 1 heterocycles. The van der Waals surface area contributed by atoms with Gasteiger partial charge in [-0.3, -0.25) is 4.90 Å². The van der Waals surface area contributed by atoms with Crippen molar-refractivity contribution >= 4 is 27.5 Å². The number of hydrogen-bond acceptors (Lipinski definition) is 4. The van der Waals surface area contributed by atoms with E-state index in [-0.39, 0.29) is 18.7 Å². The van der Waals surface area contributed by atoms with Crippen LogP contribution in [0.4, 0.5) is 0 Å². The maximum absolute atomic E-state index is 9.34. The number of benzene rings is 1. The van der Waals surface area contributed by atoms with E-state index in [1.807, 2.05) is 18.2 Å².